The Kier molecular flexibility index (Phi) is 3.17. The molecule has 0 aliphatic rings. The van der Waals surface area contributed by atoms with Gasteiger partial charge in [0.15, 0.2) is 5.82 Å². The van der Waals surface area contributed by atoms with Crippen molar-refractivity contribution >= 4 is 42.9 Å². The third kappa shape index (κ3) is 2.13. The number of benzene rings is 1. The van der Waals surface area contributed by atoms with Crippen LogP contribution in [0.15, 0.2) is 21.1 Å². The lowest BCUT2D eigenvalue weighted by molar-refractivity contribution is -0.292. The molecule has 0 saturated carbocycles. The molecule has 0 spiro atoms. The fraction of sp³-hybridized carbons (Fsp3) is 0.222. The van der Waals surface area contributed by atoms with Crippen LogP contribution >= 0.6 is 31.9 Å². The average molecular weight is 394 g/mol. The molecule has 1 aromatic heterocycles. The summed E-state index contributed by atoms with van der Waals surface area (Å²) in [7, 11) is 0. The highest BCUT2D eigenvalue weighted by Crippen LogP contribution is 2.43. The van der Waals surface area contributed by atoms with Crippen molar-refractivity contribution in [3.05, 3.63) is 26.9 Å². The van der Waals surface area contributed by atoms with Gasteiger partial charge in [-0.25, -0.2) is 4.98 Å². The van der Waals surface area contributed by atoms with Gasteiger partial charge in [0, 0.05) is 8.95 Å². The van der Waals surface area contributed by atoms with E-state index >= 15 is 0 Å². The van der Waals surface area contributed by atoms with Gasteiger partial charge in [0.2, 0.25) is 0 Å². The molecule has 0 aliphatic heterocycles. The third-order valence-corrected chi connectivity index (χ3v) is 3.22. The summed E-state index contributed by atoms with van der Waals surface area (Å²) in [4.78, 5) is 5.28. The van der Waals surface area contributed by atoms with Gasteiger partial charge in [-0.3, -0.25) is 0 Å². The first-order chi connectivity index (χ1) is 8.13. The molecule has 0 bridgehead atoms. The van der Waals surface area contributed by atoms with Gasteiger partial charge >= 0.3 is 12.1 Å². The number of nitrogens with zero attached hydrogens (tertiary/aromatic N) is 1. The monoisotopic (exact) mass is 392 g/mol. The van der Waals surface area contributed by atoms with E-state index in [1.165, 1.54) is 12.1 Å². The first-order valence-electron chi connectivity index (χ1n) is 4.42. The Labute approximate surface area is 114 Å². The Balaban J connectivity index is 2.65. The fourth-order valence-corrected chi connectivity index (χ4v) is 2.64. The number of H-pyrrole nitrogens is 1. The highest BCUT2D eigenvalue weighted by molar-refractivity contribution is 9.11. The molecule has 0 unspecified atom stereocenters. The van der Waals surface area contributed by atoms with Crippen molar-refractivity contribution < 1.29 is 22.0 Å². The van der Waals surface area contributed by atoms with Gasteiger partial charge < -0.3 is 4.98 Å². The summed E-state index contributed by atoms with van der Waals surface area (Å²) in [6.07, 6.45) is -5.69. The summed E-state index contributed by atoms with van der Waals surface area (Å²) < 4.78 is 63.6. The average Bonchev–Trinajstić information content (AvgIpc) is 2.59. The zero-order valence-corrected chi connectivity index (χ0v) is 11.4. The molecule has 0 radical (unpaired) electrons. The maximum Gasteiger partial charge on any atom is 0.461 e. The van der Waals surface area contributed by atoms with Crippen LogP contribution in [0.2, 0.25) is 0 Å². The molecule has 2 nitrogen and oxygen atoms in total. The summed E-state index contributed by atoms with van der Waals surface area (Å²) in [5.74, 6) is -6.44. The Bertz CT molecular complexity index is 605. The summed E-state index contributed by atoms with van der Waals surface area (Å²) >= 11 is 6.13. The molecule has 1 aromatic carbocycles. The summed E-state index contributed by atoms with van der Waals surface area (Å²) in [5, 5.41) is 0. The van der Waals surface area contributed by atoms with E-state index in [0.29, 0.717) is 8.95 Å². The number of aromatic amines is 1. The van der Waals surface area contributed by atoms with Crippen LogP contribution < -0.4 is 0 Å². The van der Waals surface area contributed by atoms with Crippen LogP contribution in [0.1, 0.15) is 5.82 Å². The number of hydrogen-bond donors (Lipinski definition) is 1. The smallest absolute Gasteiger partial charge is 0.337 e. The number of aromatic nitrogens is 2. The maximum absolute atomic E-state index is 13.1. The highest BCUT2D eigenvalue weighted by Gasteiger charge is 2.61. The molecule has 0 amide bonds. The number of halogens is 7. The van der Waals surface area contributed by atoms with E-state index in [1.807, 2.05) is 4.98 Å². The van der Waals surface area contributed by atoms with Crippen LogP contribution in [-0.2, 0) is 5.92 Å². The number of rotatable bonds is 1. The topological polar surface area (TPSA) is 28.7 Å². The highest BCUT2D eigenvalue weighted by atomic mass is 79.9. The van der Waals surface area contributed by atoms with Gasteiger partial charge in [-0.05, 0) is 28.1 Å². The molecule has 98 valence electrons. The number of fused-ring (bicyclic) bond motifs is 1. The molecular formula is C9H3Br2F5N2. The Morgan fingerprint density at radius 1 is 1.06 bits per heavy atom. The molecular weight excluding hydrogens is 391 g/mol. The second-order valence-corrected chi connectivity index (χ2v) is 5.21. The van der Waals surface area contributed by atoms with Crippen LogP contribution in [-0.4, -0.2) is 16.1 Å². The first-order valence-corrected chi connectivity index (χ1v) is 6.01. The van der Waals surface area contributed by atoms with E-state index in [-0.39, 0.29) is 11.0 Å². The lowest BCUT2D eigenvalue weighted by atomic mass is 10.3. The molecule has 1 heterocycles. The van der Waals surface area contributed by atoms with Gasteiger partial charge in [-0.1, -0.05) is 15.9 Å². The van der Waals surface area contributed by atoms with Crippen molar-refractivity contribution in [2.45, 2.75) is 12.1 Å². The van der Waals surface area contributed by atoms with Crippen LogP contribution in [0.5, 0.6) is 0 Å². The quantitative estimate of drug-likeness (QED) is 0.696. The zero-order valence-electron chi connectivity index (χ0n) is 8.25. The lowest BCUT2D eigenvalue weighted by Gasteiger charge is -2.16. The number of hydrogen-bond acceptors (Lipinski definition) is 1. The van der Waals surface area contributed by atoms with Crippen molar-refractivity contribution in [1.82, 2.24) is 9.97 Å². The van der Waals surface area contributed by atoms with Crippen LogP contribution in [0.25, 0.3) is 11.0 Å². The fourth-order valence-electron chi connectivity index (χ4n) is 1.33. The minimum atomic E-state index is -5.69. The largest absolute Gasteiger partial charge is 0.461 e. The SMILES string of the molecule is FC(F)(F)C(F)(F)c1nc2c(Br)cc(Br)cc2[nH]1. The van der Waals surface area contributed by atoms with E-state index in [0.717, 1.165) is 0 Å². The lowest BCUT2D eigenvalue weighted by Crippen LogP contribution is -2.34. The normalized spacial score (nSPS) is 13.3. The molecule has 1 N–H and O–H groups in total. The van der Waals surface area contributed by atoms with Crippen LogP contribution in [0, 0.1) is 0 Å². The van der Waals surface area contributed by atoms with Crippen LogP contribution in [0.4, 0.5) is 22.0 Å². The van der Waals surface area contributed by atoms with Gasteiger partial charge in [0.25, 0.3) is 0 Å². The number of alkyl halides is 5. The molecule has 0 fully saturated rings. The zero-order chi connectivity index (χ0) is 13.7. The Morgan fingerprint density at radius 2 is 1.67 bits per heavy atom. The van der Waals surface area contributed by atoms with E-state index in [1.54, 1.807) is 0 Å². The summed E-state index contributed by atoms with van der Waals surface area (Å²) in [5.41, 5.74) is 0.0901. The van der Waals surface area contributed by atoms with E-state index < -0.39 is 17.9 Å². The second kappa shape index (κ2) is 4.16. The van der Waals surface area contributed by atoms with Gasteiger partial charge in [0.1, 0.15) is 5.52 Å². The predicted molar refractivity (Wildman–Crippen MR) is 61.4 cm³/mol. The molecule has 2 rings (SSSR count). The minimum Gasteiger partial charge on any atom is -0.337 e. The van der Waals surface area contributed by atoms with E-state index in [2.05, 4.69) is 36.8 Å². The molecule has 0 atom stereocenters. The summed E-state index contributed by atoms with van der Waals surface area (Å²) in [6, 6.07) is 2.86. The number of nitrogens with one attached hydrogen (secondary N) is 1. The molecule has 18 heavy (non-hydrogen) atoms. The Hall–Kier alpha value is -0.700. The molecule has 0 saturated heterocycles. The maximum atomic E-state index is 13.1. The third-order valence-electron chi connectivity index (χ3n) is 2.16. The van der Waals surface area contributed by atoms with Crippen molar-refractivity contribution in [3.8, 4) is 0 Å². The van der Waals surface area contributed by atoms with Gasteiger partial charge in [-0.15, -0.1) is 0 Å². The Morgan fingerprint density at radius 3 is 2.22 bits per heavy atom. The number of imidazole rings is 1. The predicted octanol–water partition coefficient (Wildman–Crippen LogP) is 4.74. The van der Waals surface area contributed by atoms with Gasteiger partial charge in [0.05, 0.1) is 5.52 Å². The van der Waals surface area contributed by atoms with Crippen molar-refractivity contribution in [2.75, 3.05) is 0 Å². The van der Waals surface area contributed by atoms with E-state index in [9.17, 15) is 22.0 Å². The standard InChI is InChI=1S/C9H3Br2F5N2/c10-3-1-4(11)6-5(2-3)17-7(18-6)8(12,13)9(14,15)16/h1-2H,(H,17,18). The molecule has 0 aliphatic carbocycles. The van der Waals surface area contributed by atoms with Crippen molar-refractivity contribution in [1.29, 1.82) is 0 Å². The summed E-state index contributed by atoms with van der Waals surface area (Å²) in [6.45, 7) is 0. The van der Waals surface area contributed by atoms with Crippen LogP contribution in [0.3, 0.4) is 0 Å². The first kappa shape index (κ1) is 13.7. The molecule has 2 aromatic rings. The van der Waals surface area contributed by atoms with E-state index in [4.69, 9.17) is 0 Å². The molecule has 9 heteroatoms. The second-order valence-electron chi connectivity index (χ2n) is 3.44. The van der Waals surface area contributed by atoms with Crippen molar-refractivity contribution in [2.24, 2.45) is 0 Å². The minimum absolute atomic E-state index is 0.0112. The van der Waals surface area contributed by atoms with Crippen molar-refractivity contribution in [3.63, 3.8) is 0 Å². The van der Waals surface area contributed by atoms with Gasteiger partial charge in [-0.2, -0.15) is 22.0 Å².